The second-order valence-electron chi connectivity index (χ2n) is 6.66. The van der Waals surface area contributed by atoms with Crippen molar-refractivity contribution >= 4 is 29.4 Å². The summed E-state index contributed by atoms with van der Waals surface area (Å²) in [6.07, 6.45) is 0. The van der Waals surface area contributed by atoms with Gasteiger partial charge in [-0.15, -0.1) is 0 Å². The van der Waals surface area contributed by atoms with E-state index < -0.39 is 23.8 Å². The van der Waals surface area contributed by atoms with Gasteiger partial charge in [-0.05, 0) is 30.2 Å². The van der Waals surface area contributed by atoms with E-state index >= 15 is 0 Å². The zero-order chi connectivity index (χ0) is 20.3. The molecule has 0 aliphatic carbocycles. The Morgan fingerprint density at radius 3 is 2.11 bits per heavy atom. The van der Waals surface area contributed by atoms with Crippen LogP contribution in [0.1, 0.15) is 34.6 Å². The number of para-hydroxylation sites is 1. The third-order valence-electron chi connectivity index (χ3n) is 4.40. The Morgan fingerprint density at radius 1 is 0.964 bits per heavy atom. The van der Waals surface area contributed by atoms with Crippen LogP contribution in [0, 0.1) is 5.92 Å². The molecule has 1 atom stereocenters. The summed E-state index contributed by atoms with van der Waals surface area (Å²) in [6.45, 7) is 3.59. The van der Waals surface area contributed by atoms with Gasteiger partial charge < -0.3 is 9.47 Å². The van der Waals surface area contributed by atoms with Crippen molar-refractivity contribution in [3.63, 3.8) is 0 Å². The molecule has 0 bridgehead atoms. The van der Waals surface area contributed by atoms with Crippen LogP contribution in [-0.2, 0) is 9.53 Å². The largest absolute Gasteiger partial charge is 0.488 e. The molecule has 1 aliphatic rings. The zero-order valence-corrected chi connectivity index (χ0v) is 16.3. The lowest BCUT2D eigenvalue weighted by Gasteiger charge is -2.27. The van der Waals surface area contributed by atoms with E-state index in [1.807, 2.05) is 0 Å². The van der Waals surface area contributed by atoms with Gasteiger partial charge in [-0.25, -0.2) is 4.79 Å². The number of nitrogens with zero attached hydrogens (tertiary/aromatic N) is 1. The number of carbonyl (C=O) groups excluding carboxylic acids is 3. The van der Waals surface area contributed by atoms with E-state index in [2.05, 4.69) is 0 Å². The molecule has 0 unspecified atom stereocenters. The maximum atomic E-state index is 12.7. The number of esters is 1. The molecule has 0 spiro atoms. The molecular weight excluding hydrogens is 382 g/mol. The van der Waals surface area contributed by atoms with Crippen LogP contribution in [0.15, 0.2) is 48.5 Å². The predicted molar refractivity (Wildman–Crippen MR) is 103 cm³/mol. The van der Waals surface area contributed by atoms with E-state index in [0.29, 0.717) is 21.9 Å². The Hall–Kier alpha value is -2.86. The van der Waals surface area contributed by atoms with Crippen molar-refractivity contribution in [3.8, 4) is 5.75 Å². The van der Waals surface area contributed by atoms with Crippen LogP contribution in [0.25, 0.3) is 0 Å². The SMILES string of the molecule is CC(C)[C@@H](C(=O)OCCOc1ccccc1Cl)N1C(=O)c2ccccc2C1=O. The van der Waals surface area contributed by atoms with Crippen LogP contribution in [0.2, 0.25) is 5.02 Å². The van der Waals surface area contributed by atoms with Gasteiger partial charge in [0.2, 0.25) is 0 Å². The van der Waals surface area contributed by atoms with Gasteiger partial charge in [0.15, 0.2) is 0 Å². The van der Waals surface area contributed by atoms with Gasteiger partial charge in [-0.1, -0.05) is 49.7 Å². The molecule has 2 amide bonds. The van der Waals surface area contributed by atoms with E-state index in [1.165, 1.54) is 0 Å². The van der Waals surface area contributed by atoms with Crippen molar-refractivity contribution in [3.05, 3.63) is 64.7 Å². The fourth-order valence-corrected chi connectivity index (χ4v) is 3.27. The molecule has 1 aliphatic heterocycles. The van der Waals surface area contributed by atoms with Gasteiger partial charge in [0, 0.05) is 0 Å². The fourth-order valence-electron chi connectivity index (χ4n) is 3.08. The van der Waals surface area contributed by atoms with Crippen LogP contribution in [0.4, 0.5) is 0 Å². The fraction of sp³-hybridized carbons (Fsp3) is 0.286. The first kappa shape index (κ1) is 19.9. The molecule has 28 heavy (non-hydrogen) atoms. The smallest absolute Gasteiger partial charge is 0.329 e. The highest BCUT2D eigenvalue weighted by Gasteiger charge is 2.44. The lowest BCUT2D eigenvalue weighted by Crippen LogP contribution is -2.48. The lowest BCUT2D eigenvalue weighted by atomic mass is 10.0. The Labute approximate surface area is 168 Å². The van der Waals surface area contributed by atoms with Crippen LogP contribution in [0.3, 0.4) is 0 Å². The van der Waals surface area contributed by atoms with Crippen LogP contribution >= 0.6 is 11.6 Å². The topological polar surface area (TPSA) is 72.9 Å². The molecule has 0 radical (unpaired) electrons. The summed E-state index contributed by atoms with van der Waals surface area (Å²) in [5.74, 6) is -1.43. The summed E-state index contributed by atoms with van der Waals surface area (Å²) in [7, 11) is 0. The molecule has 0 saturated carbocycles. The monoisotopic (exact) mass is 401 g/mol. The molecule has 0 N–H and O–H groups in total. The normalized spacial score (nSPS) is 14.2. The Balaban J connectivity index is 1.64. The molecule has 1 heterocycles. The summed E-state index contributed by atoms with van der Waals surface area (Å²) in [4.78, 5) is 39.0. The van der Waals surface area contributed by atoms with Crippen molar-refractivity contribution in [2.45, 2.75) is 19.9 Å². The summed E-state index contributed by atoms with van der Waals surface area (Å²) in [5.41, 5.74) is 0.598. The van der Waals surface area contributed by atoms with Gasteiger partial charge in [0.05, 0.1) is 16.1 Å². The zero-order valence-electron chi connectivity index (χ0n) is 15.6. The summed E-state index contributed by atoms with van der Waals surface area (Å²) < 4.78 is 10.8. The Bertz CT molecular complexity index is 876. The standard InChI is InChI=1S/C21H20ClNO5/c1-13(2)18(23-19(24)14-7-3-4-8-15(14)20(23)25)21(26)28-12-11-27-17-10-6-5-9-16(17)22/h3-10,13,18H,11-12H2,1-2H3/t18-/m0/s1. The molecule has 7 heteroatoms. The number of hydrogen-bond donors (Lipinski definition) is 0. The van der Waals surface area contributed by atoms with Crippen molar-refractivity contribution in [1.29, 1.82) is 0 Å². The number of benzene rings is 2. The molecule has 6 nitrogen and oxygen atoms in total. The molecule has 0 saturated heterocycles. The van der Waals surface area contributed by atoms with E-state index in [9.17, 15) is 14.4 Å². The number of fused-ring (bicyclic) bond motifs is 1. The summed E-state index contributed by atoms with van der Waals surface area (Å²) in [6, 6.07) is 12.5. The number of ether oxygens (including phenoxy) is 2. The quantitative estimate of drug-likeness (QED) is 0.403. The highest BCUT2D eigenvalue weighted by molar-refractivity contribution is 6.32. The minimum absolute atomic E-state index is 0.0313. The number of halogens is 1. The lowest BCUT2D eigenvalue weighted by molar-refractivity contribution is -0.150. The van der Waals surface area contributed by atoms with Crippen molar-refractivity contribution in [2.24, 2.45) is 5.92 Å². The average Bonchev–Trinajstić information content (AvgIpc) is 2.92. The Morgan fingerprint density at radius 2 is 1.54 bits per heavy atom. The minimum Gasteiger partial charge on any atom is -0.488 e. The highest BCUT2D eigenvalue weighted by atomic mass is 35.5. The van der Waals surface area contributed by atoms with E-state index in [1.54, 1.807) is 62.4 Å². The van der Waals surface area contributed by atoms with Crippen LogP contribution < -0.4 is 4.74 Å². The first-order valence-corrected chi connectivity index (χ1v) is 9.30. The third-order valence-corrected chi connectivity index (χ3v) is 4.71. The van der Waals surface area contributed by atoms with Crippen molar-refractivity contribution < 1.29 is 23.9 Å². The molecule has 2 aromatic carbocycles. The van der Waals surface area contributed by atoms with Gasteiger partial charge in [0.25, 0.3) is 11.8 Å². The van der Waals surface area contributed by atoms with Crippen LogP contribution in [0.5, 0.6) is 5.75 Å². The highest BCUT2D eigenvalue weighted by Crippen LogP contribution is 2.28. The second kappa shape index (κ2) is 8.44. The van der Waals surface area contributed by atoms with Crippen molar-refractivity contribution in [1.82, 2.24) is 4.90 Å². The maximum Gasteiger partial charge on any atom is 0.329 e. The number of amides is 2. The second-order valence-corrected chi connectivity index (χ2v) is 7.07. The predicted octanol–water partition coefficient (Wildman–Crippen LogP) is 3.58. The van der Waals surface area contributed by atoms with Crippen LogP contribution in [-0.4, -0.2) is 41.9 Å². The average molecular weight is 402 g/mol. The first-order valence-electron chi connectivity index (χ1n) is 8.92. The van der Waals surface area contributed by atoms with Gasteiger partial charge >= 0.3 is 5.97 Å². The molecule has 2 aromatic rings. The van der Waals surface area contributed by atoms with E-state index in [0.717, 1.165) is 4.90 Å². The maximum absolute atomic E-state index is 12.7. The number of imide groups is 1. The van der Waals surface area contributed by atoms with E-state index in [-0.39, 0.29) is 19.1 Å². The van der Waals surface area contributed by atoms with Crippen molar-refractivity contribution in [2.75, 3.05) is 13.2 Å². The third kappa shape index (κ3) is 3.87. The molecule has 146 valence electrons. The summed E-state index contributed by atoms with van der Waals surface area (Å²) >= 11 is 6.01. The number of rotatable bonds is 7. The van der Waals surface area contributed by atoms with Gasteiger partial charge in [-0.2, -0.15) is 0 Å². The van der Waals surface area contributed by atoms with Gasteiger partial charge in [0.1, 0.15) is 25.0 Å². The van der Waals surface area contributed by atoms with Gasteiger partial charge in [-0.3, -0.25) is 14.5 Å². The Kier molecular flexibility index (Phi) is 5.99. The molecular formula is C21H20ClNO5. The minimum atomic E-state index is -1.01. The first-order chi connectivity index (χ1) is 13.4. The number of carbonyl (C=O) groups is 3. The van der Waals surface area contributed by atoms with E-state index in [4.69, 9.17) is 21.1 Å². The summed E-state index contributed by atoms with van der Waals surface area (Å²) in [5, 5.41) is 0.458. The molecule has 0 fully saturated rings. The molecule has 0 aromatic heterocycles. The molecule has 3 rings (SSSR count). The number of hydrogen-bond acceptors (Lipinski definition) is 5.